The van der Waals surface area contributed by atoms with Crippen molar-refractivity contribution >= 4 is 57.2 Å². The molecule has 4 fully saturated rings. The minimum Gasteiger partial charge on any atom is -0.361 e. The highest BCUT2D eigenvalue weighted by atomic mass is 16.2. The van der Waals surface area contributed by atoms with Crippen molar-refractivity contribution in [2.45, 2.75) is 125 Å². The Labute approximate surface area is 371 Å². The number of rotatable bonds is 6. The van der Waals surface area contributed by atoms with Crippen molar-refractivity contribution in [1.82, 2.24) is 41.0 Å². The minimum atomic E-state index is -1.43. The lowest BCUT2D eigenvalue weighted by atomic mass is 9.79. The fourth-order valence-electron chi connectivity index (χ4n) is 11.0. The van der Waals surface area contributed by atoms with E-state index in [1.165, 1.54) is 9.80 Å². The van der Waals surface area contributed by atoms with Gasteiger partial charge in [-0.05, 0) is 68.3 Å². The van der Waals surface area contributed by atoms with E-state index >= 15 is 9.59 Å². The highest BCUT2D eigenvalue weighted by Gasteiger charge is 2.67. The molecule has 0 bridgehead atoms. The van der Waals surface area contributed by atoms with Crippen LogP contribution in [0.4, 0.5) is 0 Å². The molecule has 16 nitrogen and oxygen atoms in total. The largest absolute Gasteiger partial charge is 0.361 e. The van der Waals surface area contributed by atoms with Gasteiger partial charge in [0, 0.05) is 60.0 Å². The van der Waals surface area contributed by atoms with Gasteiger partial charge in [-0.2, -0.15) is 0 Å². The number of H-pyrrole nitrogens is 2. The van der Waals surface area contributed by atoms with E-state index in [0.29, 0.717) is 44.9 Å². The summed E-state index contributed by atoms with van der Waals surface area (Å²) >= 11 is 0. The molecule has 0 unspecified atom stereocenters. The first-order chi connectivity index (χ1) is 31.1. The van der Waals surface area contributed by atoms with Gasteiger partial charge in [-0.3, -0.25) is 33.7 Å². The molecule has 2 saturated heterocycles. The van der Waals surface area contributed by atoms with E-state index in [2.05, 4.69) is 47.9 Å². The Morgan fingerprint density at radius 2 is 1.38 bits per heavy atom. The van der Waals surface area contributed by atoms with Gasteiger partial charge in [0.05, 0.1) is 12.3 Å². The van der Waals surface area contributed by atoms with Crippen molar-refractivity contribution in [3.8, 4) is 18.4 Å². The van der Waals surface area contributed by atoms with E-state index < -0.39 is 76.9 Å². The lowest BCUT2D eigenvalue weighted by Crippen LogP contribution is -2.66. The summed E-state index contributed by atoms with van der Waals surface area (Å²) in [5.41, 5.74) is 6.60. The molecule has 4 aromatic rings. The first-order valence-electron chi connectivity index (χ1n) is 22.6. The van der Waals surface area contributed by atoms with Crippen LogP contribution in [-0.4, -0.2) is 110 Å². The van der Waals surface area contributed by atoms with Crippen molar-refractivity contribution in [1.29, 1.82) is 0 Å². The number of nitrogens with two attached hydrogens (primary N) is 1. The van der Waals surface area contributed by atoms with Crippen LogP contribution in [0.2, 0.25) is 0 Å². The molecular formula is C48H55N10O6+. The highest BCUT2D eigenvalue weighted by molar-refractivity contribution is 6.01. The molecule has 7 atom stereocenters. The summed E-state index contributed by atoms with van der Waals surface area (Å²) in [7, 11) is 0. The first kappa shape index (κ1) is 42.6. The smallest absolute Gasteiger partial charge is 0.361 e. The zero-order valence-electron chi connectivity index (χ0n) is 35.8. The third-order valence-electron chi connectivity index (χ3n) is 14.3. The molecule has 332 valence electrons. The second kappa shape index (κ2) is 17.5. The lowest BCUT2D eigenvalue weighted by Gasteiger charge is -2.39. The maximum Gasteiger partial charge on any atom is 0.361 e. The summed E-state index contributed by atoms with van der Waals surface area (Å²) in [6.45, 7) is 6.37. The molecular weight excluding hydrogens is 813 g/mol. The minimum absolute atomic E-state index is 0.0222. The van der Waals surface area contributed by atoms with Gasteiger partial charge >= 0.3 is 5.66 Å². The molecule has 0 radical (unpaired) electrons. The SMILES string of the molecule is C#[N+][C@]12CCCC[C@H]1C[C@H]1C(=O)N[C@@H](Cc3c[nH]c4ccccc34)C(=O)NC3(CCCC3)C(=O)N[C@@H](Cc3c[nH]c4ccccc34)C(=O)N[C@@H](CCN)C(=O)N3CCC#C[C@@H]3C(=O)N12. The Balaban J connectivity index is 1.15. The van der Waals surface area contributed by atoms with Gasteiger partial charge in [0.25, 0.3) is 12.5 Å². The lowest BCUT2D eigenvalue weighted by molar-refractivity contribution is -0.152. The van der Waals surface area contributed by atoms with E-state index in [4.69, 9.17) is 12.3 Å². The van der Waals surface area contributed by atoms with E-state index in [1.54, 1.807) is 12.4 Å². The van der Waals surface area contributed by atoms with Crippen LogP contribution >= 0.6 is 0 Å². The Hall–Kier alpha value is -6.65. The normalized spacial score (nSPS) is 28.8. The predicted molar refractivity (Wildman–Crippen MR) is 239 cm³/mol. The van der Waals surface area contributed by atoms with E-state index in [1.807, 2.05) is 48.5 Å². The molecule has 3 aliphatic heterocycles. The molecule has 2 aliphatic carbocycles. The third kappa shape index (κ3) is 7.63. The quantitative estimate of drug-likeness (QED) is 0.144. The Bertz CT molecular complexity index is 2610. The second-order valence-corrected chi connectivity index (χ2v) is 18.0. The number of hydrogen-bond acceptors (Lipinski definition) is 7. The first-order valence-corrected chi connectivity index (χ1v) is 22.6. The number of benzene rings is 2. The van der Waals surface area contributed by atoms with Gasteiger partial charge in [-0.25, -0.2) is 0 Å². The van der Waals surface area contributed by atoms with Crippen molar-refractivity contribution in [2.24, 2.45) is 11.7 Å². The Morgan fingerprint density at radius 3 is 2.03 bits per heavy atom. The molecule has 16 heteroatoms. The average molecular weight is 868 g/mol. The number of nitrogens with one attached hydrogen (secondary N) is 6. The van der Waals surface area contributed by atoms with Crippen molar-refractivity contribution in [3.05, 3.63) is 76.9 Å². The van der Waals surface area contributed by atoms with Crippen LogP contribution in [0.25, 0.3) is 26.7 Å². The fourth-order valence-corrected chi connectivity index (χ4v) is 11.0. The molecule has 9 rings (SSSR count). The van der Waals surface area contributed by atoms with Crippen molar-refractivity contribution < 1.29 is 28.8 Å². The van der Waals surface area contributed by atoms with Crippen LogP contribution in [0.5, 0.6) is 0 Å². The van der Waals surface area contributed by atoms with Crippen LogP contribution in [-0.2, 0) is 41.6 Å². The summed E-state index contributed by atoms with van der Waals surface area (Å²) in [6.07, 6.45) is 8.67. The number of nitrogens with zero attached hydrogens (tertiary/aromatic N) is 3. The van der Waals surface area contributed by atoms with Crippen LogP contribution in [0.3, 0.4) is 0 Å². The molecule has 2 aromatic heterocycles. The zero-order valence-corrected chi connectivity index (χ0v) is 35.8. The molecule has 2 aromatic carbocycles. The number of carbonyl (C=O) groups is 6. The molecule has 64 heavy (non-hydrogen) atoms. The van der Waals surface area contributed by atoms with Gasteiger partial charge in [0.15, 0.2) is 6.04 Å². The van der Waals surface area contributed by atoms with Gasteiger partial charge in [-0.1, -0.05) is 72.3 Å². The van der Waals surface area contributed by atoms with Gasteiger partial charge in [0.1, 0.15) is 29.7 Å². The molecule has 5 heterocycles. The van der Waals surface area contributed by atoms with Gasteiger partial charge in [-0.15, -0.1) is 0 Å². The van der Waals surface area contributed by atoms with E-state index in [9.17, 15) is 19.2 Å². The summed E-state index contributed by atoms with van der Waals surface area (Å²) in [5, 5.41) is 13.7. The van der Waals surface area contributed by atoms with Crippen LogP contribution in [0.1, 0.15) is 81.8 Å². The number of aromatic amines is 2. The topological polar surface area (TPSA) is 219 Å². The Kier molecular flexibility index (Phi) is 11.7. The number of para-hydroxylation sites is 2. The highest BCUT2D eigenvalue weighted by Crippen LogP contribution is 2.50. The number of hydrogen-bond donors (Lipinski definition) is 7. The molecule has 6 amide bonds. The van der Waals surface area contributed by atoms with E-state index in [0.717, 1.165) is 39.4 Å². The van der Waals surface area contributed by atoms with Crippen LogP contribution in [0, 0.1) is 24.3 Å². The van der Waals surface area contributed by atoms with Crippen molar-refractivity contribution in [2.75, 3.05) is 13.1 Å². The maximum atomic E-state index is 15.3. The van der Waals surface area contributed by atoms with Crippen LogP contribution in [0.15, 0.2) is 60.9 Å². The summed E-state index contributed by atoms with van der Waals surface area (Å²) in [6, 6.07) is 9.20. The monoisotopic (exact) mass is 867 g/mol. The molecule has 8 N–H and O–H groups in total. The molecule has 1 spiro atoms. The number of aromatic nitrogens is 2. The maximum absolute atomic E-state index is 15.3. The number of amides is 6. The number of fused-ring (bicyclic) bond motifs is 6. The summed E-state index contributed by atoms with van der Waals surface area (Å²) in [4.78, 5) is 103. The second-order valence-electron chi connectivity index (χ2n) is 18.0. The predicted octanol–water partition coefficient (Wildman–Crippen LogP) is 2.73. The molecule has 5 aliphatic rings. The zero-order chi connectivity index (χ0) is 44.6. The molecule has 2 saturated carbocycles. The summed E-state index contributed by atoms with van der Waals surface area (Å²) in [5.74, 6) is 2.21. The van der Waals surface area contributed by atoms with Gasteiger partial charge in [0.2, 0.25) is 29.5 Å². The fraction of sp³-hybridized carbons (Fsp3) is 0.479. The van der Waals surface area contributed by atoms with Crippen LogP contribution < -0.4 is 27.0 Å². The van der Waals surface area contributed by atoms with Gasteiger partial charge < -0.3 is 41.9 Å². The Morgan fingerprint density at radius 1 is 0.750 bits per heavy atom. The third-order valence-corrected chi connectivity index (χ3v) is 14.3. The standard InChI is InChI=1S/C48H54N10O6/c1-50-48-21-8-6-12-31(48)26-40-43(61)54-38(25-30-28-52-35-16-5-3-14-33(30)35)42(60)56-47(19-9-10-20-47)46(64)55-37(24-29-27-51-34-15-4-2-13-32(29)34)41(59)53-36(18-22-49)44(62)57-23-11-7-17-39(57)45(63)58(40)48/h1-5,13-16,27-28,31,36-40,51-52H,6,8-12,18-26,49H2,(H3-,53,54,55,56,59,60,61,64)/p+1/t31-,36-,37-,38-,39+,40-,48-/m0/s1. The van der Waals surface area contributed by atoms with Crippen molar-refractivity contribution in [3.63, 3.8) is 0 Å². The summed E-state index contributed by atoms with van der Waals surface area (Å²) < 4.78 is 0. The average Bonchev–Trinajstić information content (AvgIpc) is 4.13. The van der Waals surface area contributed by atoms with E-state index in [-0.39, 0.29) is 51.1 Å². The number of carbonyl (C=O) groups excluding carboxylic acids is 6.